The second-order valence-corrected chi connectivity index (χ2v) is 2.73. The van der Waals surface area contributed by atoms with Crippen LogP contribution < -0.4 is 11.1 Å². The molecule has 0 spiro atoms. The summed E-state index contributed by atoms with van der Waals surface area (Å²) in [4.78, 5) is 13.9. The van der Waals surface area contributed by atoms with Gasteiger partial charge in [0.05, 0.1) is 11.0 Å². The molecule has 0 aliphatic carbocycles. The molecule has 1 heterocycles. The van der Waals surface area contributed by atoms with Crippen LogP contribution in [0.1, 0.15) is 6.42 Å². The Morgan fingerprint density at radius 2 is 2.43 bits per heavy atom. The first-order valence-corrected chi connectivity index (χ1v) is 4.28. The van der Waals surface area contributed by atoms with Crippen LogP contribution >= 0.6 is 0 Å². The Morgan fingerprint density at radius 3 is 3.07 bits per heavy atom. The number of hydrogen-bond acceptors (Lipinski definition) is 5. The van der Waals surface area contributed by atoms with Gasteiger partial charge in [0.1, 0.15) is 5.82 Å². The first-order valence-electron chi connectivity index (χ1n) is 4.28. The third kappa shape index (κ3) is 2.98. The molecule has 0 saturated heterocycles. The summed E-state index contributed by atoms with van der Waals surface area (Å²) in [6.45, 7) is 1.26. The fourth-order valence-electron chi connectivity index (χ4n) is 0.948. The molecule has 1 rings (SSSR count). The SMILES string of the molecule is NCCCNc1cc([N+](=O)[O-])ccn1. The third-order valence-corrected chi connectivity index (χ3v) is 1.64. The monoisotopic (exact) mass is 196 g/mol. The number of nitro groups is 1. The van der Waals surface area contributed by atoms with Gasteiger partial charge in [0.25, 0.3) is 5.69 Å². The van der Waals surface area contributed by atoms with Crippen molar-refractivity contribution in [2.75, 3.05) is 18.4 Å². The summed E-state index contributed by atoms with van der Waals surface area (Å²) in [6, 6.07) is 2.75. The molecule has 1 aromatic heterocycles. The molecule has 0 fully saturated rings. The van der Waals surface area contributed by atoms with Gasteiger partial charge in [0.2, 0.25) is 0 Å². The van der Waals surface area contributed by atoms with Crippen molar-refractivity contribution in [1.82, 2.24) is 4.98 Å². The second kappa shape index (κ2) is 5.13. The average molecular weight is 196 g/mol. The summed E-state index contributed by atoms with van der Waals surface area (Å²) in [5.41, 5.74) is 5.34. The van der Waals surface area contributed by atoms with Crippen molar-refractivity contribution in [3.05, 3.63) is 28.4 Å². The molecule has 0 amide bonds. The largest absolute Gasteiger partial charge is 0.370 e. The lowest BCUT2D eigenvalue weighted by atomic mass is 10.4. The van der Waals surface area contributed by atoms with Crippen LogP contribution in [0.2, 0.25) is 0 Å². The van der Waals surface area contributed by atoms with Crippen molar-refractivity contribution in [2.24, 2.45) is 5.73 Å². The van der Waals surface area contributed by atoms with E-state index in [0.29, 0.717) is 18.9 Å². The second-order valence-electron chi connectivity index (χ2n) is 2.73. The minimum absolute atomic E-state index is 0.0373. The maximum absolute atomic E-state index is 10.4. The Kier molecular flexibility index (Phi) is 3.81. The van der Waals surface area contributed by atoms with Crippen LogP contribution in [0.5, 0.6) is 0 Å². The van der Waals surface area contributed by atoms with Crippen LogP contribution in [0.3, 0.4) is 0 Å². The van der Waals surface area contributed by atoms with Gasteiger partial charge in [0, 0.05) is 18.8 Å². The van der Waals surface area contributed by atoms with Gasteiger partial charge in [-0.15, -0.1) is 0 Å². The van der Waals surface area contributed by atoms with E-state index in [4.69, 9.17) is 5.73 Å². The molecule has 0 aromatic carbocycles. The molecule has 6 nitrogen and oxygen atoms in total. The lowest BCUT2D eigenvalue weighted by molar-refractivity contribution is -0.384. The van der Waals surface area contributed by atoms with Gasteiger partial charge in [-0.3, -0.25) is 10.1 Å². The highest BCUT2D eigenvalue weighted by Crippen LogP contribution is 2.13. The Labute approximate surface area is 81.3 Å². The molecule has 0 radical (unpaired) electrons. The van der Waals surface area contributed by atoms with Crippen LogP contribution in [0.15, 0.2) is 18.3 Å². The van der Waals surface area contributed by atoms with E-state index >= 15 is 0 Å². The van der Waals surface area contributed by atoms with E-state index in [0.717, 1.165) is 6.42 Å². The van der Waals surface area contributed by atoms with Gasteiger partial charge in [-0.25, -0.2) is 4.98 Å². The molecule has 3 N–H and O–H groups in total. The zero-order valence-electron chi connectivity index (χ0n) is 7.64. The predicted molar refractivity (Wildman–Crippen MR) is 53.1 cm³/mol. The first kappa shape index (κ1) is 10.4. The molecular weight excluding hydrogens is 184 g/mol. The lowest BCUT2D eigenvalue weighted by Gasteiger charge is -2.02. The molecule has 0 unspecified atom stereocenters. The third-order valence-electron chi connectivity index (χ3n) is 1.64. The molecule has 76 valence electrons. The number of pyridine rings is 1. The minimum atomic E-state index is -0.449. The average Bonchev–Trinajstić information content (AvgIpc) is 2.19. The molecule has 0 aliphatic heterocycles. The number of hydrogen-bond donors (Lipinski definition) is 2. The minimum Gasteiger partial charge on any atom is -0.370 e. The smallest absolute Gasteiger partial charge is 0.274 e. The van der Waals surface area contributed by atoms with Crippen LogP contribution in [-0.2, 0) is 0 Å². The van der Waals surface area contributed by atoms with Gasteiger partial charge in [-0.1, -0.05) is 0 Å². The highest BCUT2D eigenvalue weighted by Gasteiger charge is 2.05. The number of nitrogens with two attached hydrogens (primary N) is 1. The fraction of sp³-hybridized carbons (Fsp3) is 0.375. The maximum Gasteiger partial charge on any atom is 0.274 e. The maximum atomic E-state index is 10.4. The topological polar surface area (TPSA) is 94.1 Å². The predicted octanol–water partition coefficient (Wildman–Crippen LogP) is 0.750. The summed E-state index contributed by atoms with van der Waals surface area (Å²) in [7, 11) is 0. The van der Waals surface area contributed by atoms with E-state index in [1.807, 2.05) is 0 Å². The van der Waals surface area contributed by atoms with Crippen LogP contribution in [-0.4, -0.2) is 23.0 Å². The van der Waals surface area contributed by atoms with E-state index in [-0.39, 0.29) is 5.69 Å². The van der Waals surface area contributed by atoms with Crippen LogP contribution in [0.25, 0.3) is 0 Å². The molecule has 0 bridgehead atoms. The number of rotatable bonds is 5. The first-order chi connectivity index (χ1) is 6.74. The lowest BCUT2D eigenvalue weighted by Crippen LogP contribution is -2.09. The molecule has 1 aromatic rings. The van der Waals surface area contributed by atoms with Crippen LogP contribution in [0, 0.1) is 10.1 Å². The molecular formula is C8H12N4O2. The Balaban J connectivity index is 2.59. The highest BCUT2D eigenvalue weighted by atomic mass is 16.6. The van der Waals surface area contributed by atoms with Gasteiger partial charge >= 0.3 is 0 Å². The van der Waals surface area contributed by atoms with Gasteiger partial charge in [0.15, 0.2) is 0 Å². The highest BCUT2D eigenvalue weighted by molar-refractivity contribution is 5.43. The number of nitrogens with zero attached hydrogens (tertiary/aromatic N) is 2. The van der Waals surface area contributed by atoms with Crippen molar-refractivity contribution >= 4 is 11.5 Å². The van der Waals surface area contributed by atoms with Gasteiger partial charge in [-0.05, 0) is 13.0 Å². The van der Waals surface area contributed by atoms with E-state index in [1.165, 1.54) is 18.3 Å². The summed E-state index contributed by atoms with van der Waals surface area (Å²) >= 11 is 0. The quantitative estimate of drug-likeness (QED) is 0.411. The molecule has 0 saturated carbocycles. The van der Waals surface area contributed by atoms with Crippen molar-refractivity contribution < 1.29 is 4.92 Å². The van der Waals surface area contributed by atoms with Crippen LogP contribution in [0.4, 0.5) is 11.5 Å². The zero-order chi connectivity index (χ0) is 10.4. The fourth-order valence-corrected chi connectivity index (χ4v) is 0.948. The van der Waals surface area contributed by atoms with E-state index in [1.54, 1.807) is 0 Å². The molecule has 6 heteroatoms. The molecule has 0 atom stereocenters. The van der Waals surface area contributed by atoms with Crippen molar-refractivity contribution in [1.29, 1.82) is 0 Å². The summed E-state index contributed by atoms with van der Waals surface area (Å²) < 4.78 is 0. The number of nitrogens with one attached hydrogen (secondary N) is 1. The van der Waals surface area contributed by atoms with E-state index < -0.39 is 4.92 Å². The Hall–Kier alpha value is -1.69. The van der Waals surface area contributed by atoms with Crippen molar-refractivity contribution in [2.45, 2.75) is 6.42 Å². The summed E-state index contributed by atoms with van der Waals surface area (Å²) in [5, 5.41) is 13.4. The van der Waals surface area contributed by atoms with E-state index in [9.17, 15) is 10.1 Å². The standard InChI is InChI=1S/C8H12N4O2/c9-3-1-4-10-8-6-7(12(13)14)2-5-11-8/h2,5-6H,1,3-4,9H2,(H,10,11). The van der Waals surface area contributed by atoms with Crippen molar-refractivity contribution in [3.63, 3.8) is 0 Å². The summed E-state index contributed by atoms with van der Waals surface area (Å²) in [5.74, 6) is 0.507. The number of anilines is 1. The van der Waals surface area contributed by atoms with E-state index in [2.05, 4.69) is 10.3 Å². The Morgan fingerprint density at radius 1 is 1.64 bits per heavy atom. The van der Waals surface area contributed by atoms with Gasteiger partial charge < -0.3 is 11.1 Å². The van der Waals surface area contributed by atoms with Crippen molar-refractivity contribution in [3.8, 4) is 0 Å². The molecule has 0 aliphatic rings. The number of aromatic nitrogens is 1. The van der Waals surface area contributed by atoms with Gasteiger partial charge in [-0.2, -0.15) is 0 Å². The normalized spacial score (nSPS) is 9.79. The zero-order valence-corrected chi connectivity index (χ0v) is 7.64. The Bertz CT molecular complexity index is 316. The summed E-state index contributed by atoms with van der Waals surface area (Å²) in [6.07, 6.45) is 2.22. The molecule has 14 heavy (non-hydrogen) atoms.